The summed E-state index contributed by atoms with van der Waals surface area (Å²) in [6.45, 7) is 4.36. The molecule has 5 heteroatoms. The lowest BCUT2D eigenvalue weighted by Gasteiger charge is -2.08. The van der Waals surface area contributed by atoms with Crippen LogP contribution in [-0.4, -0.2) is 17.5 Å². The molecule has 0 saturated carbocycles. The smallest absolute Gasteiger partial charge is 0.225 e. The van der Waals surface area contributed by atoms with Crippen LogP contribution in [0.3, 0.4) is 0 Å². The van der Waals surface area contributed by atoms with Crippen molar-refractivity contribution in [2.45, 2.75) is 26.7 Å². The van der Waals surface area contributed by atoms with Gasteiger partial charge in [0.05, 0.1) is 6.61 Å². The first-order valence-corrected chi connectivity index (χ1v) is 7.54. The lowest BCUT2D eigenvalue weighted by Crippen LogP contribution is -2.13. The van der Waals surface area contributed by atoms with Crippen LogP contribution in [0.4, 0.5) is 5.82 Å². The van der Waals surface area contributed by atoms with Gasteiger partial charge in [-0.2, -0.15) is 0 Å². The SMILES string of the molecule is Cc1ccc(NC(=O)CCCOc2ccc(Cl)c(C)c2)nc1. The molecular formula is C17H19ClN2O2. The third kappa shape index (κ3) is 5.04. The van der Waals surface area contributed by atoms with Crippen molar-refractivity contribution in [3.8, 4) is 5.75 Å². The van der Waals surface area contributed by atoms with Crippen molar-refractivity contribution in [1.29, 1.82) is 0 Å². The molecule has 1 aromatic carbocycles. The van der Waals surface area contributed by atoms with Crippen molar-refractivity contribution < 1.29 is 9.53 Å². The van der Waals surface area contributed by atoms with E-state index in [2.05, 4.69) is 10.3 Å². The first-order chi connectivity index (χ1) is 10.5. The molecule has 0 bridgehead atoms. The Kier molecular flexibility index (Phi) is 5.78. The predicted molar refractivity (Wildman–Crippen MR) is 88.5 cm³/mol. The molecule has 0 atom stereocenters. The Morgan fingerprint density at radius 3 is 2.77 bits per heavy atom. The number of aryl methyl sites for hydroxylation is 2. The number of aromatic nitrogens is 1. The van der Waals surface area contributed by atoms with Gasteiger partial charge in [0.15, 0.2) is 0 Å². The molecule has 0 saturated heterocycles. The van der Waals surface area contributed by atoms with Crippen LogP contribution >= 0.6 is 11.6 Å². The van der Waals surface area contributed by atoms with E-state index in [-0.39, 0.29) is 5.91 Å². The van der Waals surface area contributed by atoms with Gasteiger partial charge in [-0.1, -0.05) is 17.7 Å². The molecule has 4 nitrogen and oxygen atoms in total. The summed E-state index contributed by atoms with van der Waals surface area (Å²) in [4.78, 5) is 15.9. The molecule has 1 amide bonds. The van der Waals surface area contributed by atoms with E-state index in [4.69, 9.17) is 16.3 Å². The zero-order valence-electron chi connectivity index (χ0n) is 12.7. The number of carbonyl (C=O) groups is 1. The molecule has 0 radical (unpaired) electrons. The highest BCUT2D eigenvalue weighted by Gasteiger charge is 2.04. The molecule has 0 aliphatic carbocycles. The van der Waals surface area contributed by atoms with Crippen LogP contribution in [0.25, 0.3) is 0 Å². The highest BCUT2D eigenvalue weighted by Crippen LogP contribution is 2.21. The quantitative estimate of drug-likeness (QED) is 0.814. The number of halogens is 1. The number of ether oxygens (including phenoxy) is 1. The van der Waals surface area contributed by atoms with Crippen molar-refractivity contribution >= 4 is 23.3 Å². The van der Waals surface area contributed by atoms with E-state index in [1.54, 1.807) is 12.3 Å². The molecular weight excluding hydrogens is 300 g/mol. The number of benzene rings is 1. The summed E-state index contributed by atoms with van der Waals surface area (Å²) in [5.74, 6) is 1.28. The highest BCUT2D eigenvalue weighted by atomic mass is 35.5. The second kappa shape index (κ2) is 7.80. The Labute approximate surface area is 135 Å². The van der Waals surface area contributed by atoms with Gasteiger partial charge < -0.3 is 10.1 Å². The Bertz CT molecular complexity index is 642. The fourth-order valence-electron chi connectivity index (χ4n) is 1.88. The van der Waals surface area contributed by atoms with E-state index in [0.717, 1.165) is 21.9 Å². The number of hydrogen-bond acceptors (Lipinski definition) is 3. The second-order valence-corrected chi connectivity index (χ2v) is 5.54. The number of pyridine rings is 1. The number of amides is 1. The van der Waals surface area contributed by atoms with E-state index >= 15 is 0 Å². The summed E-state index contributed by atoms with van der Waals surface area (Å²) in [6.07, 6.45) is 2.75. The molecule has 0 aliphatic rings. The zero-order chi connectivity index (χ0) is 15.9. The van der Waals surface area contributed by atoms with Gasteiger partial charge in [-0.05, 0) is 55.7 Å². The molecule has 1 aromatic heterocycles. The van der Waals surface area contributed by atoms with E-state index < -0.39 is 0 Å². The summed E-state index contributed by atoms with van der Waals surface area (Å²) in [5, 5.41) is 3.48. The van der Waals surface area contributed by atoms with Gasteiger partial charge in [-0.15, -0.1) is 0 Å². The Morgan fingerprint density at radius 2 is 2.09 bits per heavy atom. The fourth-order valence-corrected chi connectivity index (χ4v) is 1.99. The van der Waals surface area contributed by atoms with Crippen LogP contribution in [-0.2, 0) is 4.79 Å². The van der Waals surface area contributed by atoms with E-state index in [1.807, 2.05) is 38.1 Å². The molecule has 0 fully saturated rings. The minimum absolute atomic E-state index is 0.0627. The molecule has 2 aromatic rings. The molecule has 0 spiro atoms. The van der Waals surface area contributed by atoms with E-state index in [1.165, 1.54) is 0 Å². The third-order valence-corrected chi connectivity index (χ3v) is 3.55. The minimum Gasteiger partial charge on any atom is -0.494 e. The zero-order valence-corrected chi connectivity index (χ0v) is 13.5. The molecule has 1 N–H and O–H groups in total. The maximum absolute atomic E-state index is 11.8. The highest BCUT2D eigenvalue weighted by molar-refractivity contribution is 6.31. The van der Waals surface area contributed by atoms with Gasteiger partial charge >= 0.3 is 0 Å². The van der Waals surface area contributed by atoms with Crippen molar-refractivity contribution in [2.24, 2.45) is 0 Å². The topological polar surface area (TPSA) is 51.2 Å². The summed E-state index contributed by atoms with van der Waals surface area (Å²) in [5.41, 5.74) is 2.03. The summed E-state index contributed by atoms with van der Waals surface area (Å²) < 4.78 is 5.60. The van der Waals surface area contributed by atoms with E-state index in [9.17, 15) is 4.79 Å². The van der Waals surface area contributed by atoms with Crippen LogP contribution in [0.15, 0.2) is 36.5 Å². The Hall–Kier alpha value is -2.07. The number of carbonyl (C=O) groups excluding carboxylic acids is 1. The van der Waals surface area contributed by atoms with Gasteiger partial charge in [0.2, 0.25) is 5.91 Å². The maximum Gasteiger partial charge on any atom is 0.225 e. The number of rotatable bonds is 6. The molecule has 22 heavy (non-hydrogen) atoms. The summed E-state index contributed by atoms with van der Waals surface area (Å²) >= 11 is 5.96. The van der Waals surface area contributed by atoms with Crippen LogP contribution in [0.1, 0.15) is 24.0 Å². The molecule has 2 rings (SSSR count). The molecule has 0 aliphatic heterocycles. The van der Waals surface area contributed by atoms with Crippen molar-refractivity contribution in [3.05, 3.63) is 52.7 Å². The number of hydrogen-bond donors (Lipinski definition) is 1. The van der Waals surface area contributed by atoms with Crippen LogP contribution in [0.5, 0.6) is 5.75 Å². The van der Waals surface area contributed by atoms with Crippen LogP contribution < -0.4 is 10.1 Å². The van der Waals surface area contributed by atoms with Crippen LogP contribution in [0, 0.1) is 13.8 Å². The molecule has 1 heterocycles. The first-order valence-electron chi connectivity index (χ1n) is 7.16. The Balaban J connectivity index is 1.70. The lowest BCUT2D eigenvalue weighted by molar-refractivity contribution is -0.116. The molecule has 0 unspecified atom stereocenters. The summed E-state index contributed by atoms with van der Waals surface area (Å²) in [6, 6.07) is 9.22. The number of nitrogens with one attached hydrogen (secondary N) is 1. The van der Waals surface area contributed by atoms with Gasteiger partial charge in [0.25, 0.3) is 0 Å². The Morgan fingerprint density at radius 1 is 1.27 bits per heavy atom. The van der Waals surface area contributed by atoms with Crippen LogP contribution in [0.2, 0.25) is 5.02 Å². The van der Waals surface area contributed by atoms with E-state index in [0.29, 0.717) is 25.3 Å². The normalized spacial score (nSPS) is 10.3. The van der Waals surface area contributed by atoms with Gasteiger partial charge in [0.1, 0.15) is 11.6 Å². The fraction of sp³-hybridized carbons (Fsp3) is 0.294. The average molecular weight is 319 g/mol. The maximum atomic E-state index is 11.8. The van der Waals surface area contributed by atoms with Gasteiger partial charge in [-0.3, -0.25) is 4.79 Å². The van der Waals surface area contributed by atoms with Crippen molar-refractivity contribution in [1.82, 2.24) is 4.98 Å². The predicted octanol–water partition coefficient (Wildman–Crippen LogP) is 4.15. The first kappa shape index (κ1) is 16.3. The van der Waals surface area contributed by atoms with Gasteiger partial charge in [0, 0.05) is 17.6 Å². The molecule has 116 valence electrons. The monoisotopic (exact) mass is 318 g/mol. The van der Waals surface area contributed by atoms with Crippen molar-refractivity contribution in [2.75, 3.05) is 11.9 Å². The van der Waals surface area contributed by atoms with Crippen molar-refractivity contribution in [3.63, 3.8) is 0 Å². The lowest BCUT2D eigenvalue weighted by atomic mass is 10.2. The minimum atomic E-state index is -0.0627. The largest absolute Gasteiger partial charge is 0.494 e. The van der Waals surface area contributed by atoms with Gasteiger partial charge in [-0.25, -0.2) is 4.98 Å². The average Bonchev–Trinajstić information content (AvgIpc) is 2.49. The summed E-state index contributed by atoms with van der Waals surface area (Å²) in [7, 11) is 0. The standard InChI is InChI=1S/C17H19ClN2O2/c1-12-5-8-16(19-11-12)20-17(21)4-3-9-22-14-6-7-15(18)13(2)10-14/h5-8,10-11H,3-4,9H2,1-2H3,(H,19,20,21). The number of anilines is 1. The second-order valence-electron chi connectivity index (χ2n) is 5.13. The third-order valence-electron chi connectivity index (χ3n) is 3.13. The number of nitrogens with zero attached hydrogens (tertiary/aromatic N) is 1.